The molecule has 1 aromatic heterocycles. The molecule has 2 rings (SSSR count). The predicted octanol–water partition coefficient (Wildman–Crippen LogP) is 4.24. The van der Waals surface area contributed by atoms with Crippen molar-refractivity contribution in [1.29, 1.82) is 0 Å². The summed E-state index contributed by atoms with van der Waals surface area (Å²) < 4.78 is 0. The van der Waals surface area contributed by atoms with Gasteiger partial charge in [-0.3, -0.25) is 0 Å². The van der Waals surface area contributed by atoms with E-state index in [1.165, 1.54) is 37.7 Å². The molecular weight excluding hydrogens is 260 g/mol. The van der Waals surface area contributed by atoms with Crippen molar-refractivity contribution in [3.05, 3.63) is 11.9 Å². The van der Waals surface area contributed by atoms with E-state index in [-0.39, 0.29) is 0 Å². The molecule has 4 heteroatoms. The Labute approximate surface area is 129 Å². The second-order valence-corrected chi connectivity index (χ2v) is 6.03. The van der Waals surface area contributed by atoms with Gasteiger partial charge in [0.2, 0.25) is 0 Å². The number of nitrogens with zero attached hydrogens (tertiary/aromatic N) is 2. The first-order valence-electron chi connectivity index (χ1n) is 8.64. The lowest BCUT2D eigenvalue weighted by Crippen LogP contribution is -2.32. The van der Waals surface area contributed by atoms with Gasteiger partial charge in [0, 0.05) is 18.2 Å². The van der Waals surface area contributed by atoms with E-state index in [1.807, 2.05) is 0 Å². The average molecular weight is 290 g/mol. The summed E-state index contributed by atoms with van der Waals surface area (Å²) in [5, 5.41) is 7.15. The second-order valence-electron chi connectivity index (χ2n) is 6.03. The molecule has 1 saturated carbocycles. The van der Waals surface area contributed by atoms with Crippen molar-refractivity contribution in [2.45, 2.75) is 71.8 Å². The van der Waals surface area contributed by atoms with E-state index in [0.29, 0.717) is 6.04 Å². The van der Waals surface area contributed by atoms with E-state index in [2.05, 4.69) is 41.4 Å². The van der Waals surface area contributed by atoms with Gasteiger partial charge in [0.05, 0.1) is 0 Å². The van der Waals surface area contributed by atoms with Gasteiger partial charge in [-0.05, 0) is 31.6 Å². The third-order valence-corrected chi connectivity index (χ3v) is 4.60. The Morgan fingerprint density at radius 2 is 1.86 bits per heavy atom. The number of hydrogen-bond acceptors (Lipinski definition) is 4. The molecule has 0 spiro atoms. The zero-order chi connectivity index (χ0) is 15.1. The van der Waals surface area contributed by atoms with Gasteiger partial charge < -0.3 is 10.6 Å². The zero-order valence-corrected chi connectivity index (χ0v) is 13.8. The molecule has 4 nitrogen and oxygen atoms in total. The summed E-state index contributed by atoms with van der Waals surface area (Å²) in [6.45, 7) is 7.62. The predicted molar refractivity (Wildman–Crippen MR) is 89.9 cm³/mol. The van der Waals surface area contributed by atoms with Crippen molar-refractivity contribution in [3.8, 4) is 0 Å². The molecule has 0 aromatic carbocycles. The molecule has 1 heterocycles. The van der Waals surface area contributed by atoms with Crippen LogP contribution in [0.1, 0.15) is 64.9 Å². The van der Waals surface area contributed by atoms with Gasteiger partial charge in [-0.25, -0.2) is 9.97 Å². The molecule has 0 amide bonds. The fourth-order valence-corrected chi connectivity index (χ4v) is 3.33. The van der Waals surface area contributed by atoms with Gasteiger partial charge in [-0.1, -0.05) is 40.0 Å². The van der Waals surface area contributed by atoms with Crippen LogP contribution in [-0.4, -0.2) is 22.6 Å². The zero-order valence-electron chi connectivity index (χ0n) is 13.8. The van der Waals surface area contributed by atoms with Crippen LogP contribution in [0.2, 0.25) is 0 Å². The normalized spacial score (nSPS) is 22.0. The minimum absolute atomic E-state index is 0.572. The SMILES string of the molecule is CCCNc1ncnc(NC2CCCCC2CC)c1CC. The molecule has 118 valence electrons. The van der Waals surface area contributed by atoms with E-state index in [9.17, 15) is 0 Å². The maximum absolute atomic E-state index is 4.52. The quantitative estimate of drug-likeness (QED) is 0.788. The van der Waals surface area contributed by atoms with E-state index in [0.717, 1.165) is 36.9 Å². The van der Waals surface area contributed by atoms with Crippen LogP contribution in [-0.2, 0) is 6.42 Å². The van der Waals surface area contributed by atoms with E-state index < -0.39 is 0 Å². The van der Waals surface area contributed by atoms with Crippen molar-refractivity contribution in [3.63, 3.8) is 0 Å². The Morgan fingerprint density at radius 1 is 1.10 bits per heavy atom. The summed E-state index contributed by atoms with van der Waals surface area (Å²) in [4.78, 5) is 8.94. The number of aromatic nitrogens is 2. The Bertz CT molecular complexity index is 433. The van der Waals surface area contributed by atoms with Crippen molar-refractivity contribution >= 4 is 11.6 Å². The first-order chi connectivity index (χ1) is 10.3. The molecule has 0 aliphatic heterocycles. The van der Waals surface area contributed by atoms with Gasteiger partial charge in [-0.15, -0.1) is 0 Å². The van der Waals surface area contributed by atoms with Crippen LogP contribution in [0.3, 0.4) is 0 Å². The molecule has 2 unspecified atom stereocenters. The molecule has 0 saturated heterocycles. The van der Waals surface area contributed by atoms with Crippen molar-refractivity contribution < 1.29 is 0 Å². The molecule has 0 bridgehead atoms. The topological polar surface area (TPSA) is 49.8 Å². The number of nitrogens with one attached hydrogen (secondary N) is 2. The van der Waals surface area contributed by atoms with Crippen LogP contribution in [0.5, 0.6) is 0 Å². The summed E-state index contributed by atoms with van der Waals surface area (Å²) in [5.41, 5.74) is 1.23. The highest BCUT2D eigenvalue weighted by molar-refractivity contribution is 5.57. The monoisotopic (exact) mass is 290 g/mol. The molecule has 21 heavy (non-hydrogen) atoms. The smallest absolute Gasteiger partial charge is 0.134 e. The van der Waals surface area contributed by atoms with E-state index in [4.69, 9.17) is 0 Å². The number of hydrogen-bond donors (Lipinski definition) is 2. The third-order valence-electron chi connectivity index (χ3n) is 4.60. The van der Waals surface area contributed by atoms with Crippen LogP contribution < -0.4 is 10.6 Å². The Morgan fingerprint density at radius 3 is 2.57 bits per heavy atom. The van der Waals surface area contributed by atoms with Crippen LogP contribution in [0, 0.1) is 5.92 Å². The summed E-state index contributed by atoms with van der Waals surface area (Å²) in [6, 6.07) is 0.572. The van der Waals surface area contributed by atoms with Gasteiger partial charge in [-0.2, -0.15) is 0 Å². The summed E-state index contributed by atoms with van der Waals surface area (Å²) in [5.74, 6) is 2.82. The van der Waals surface area contributed by atoms with Crippen LogP contribution in [0.15, 0.2) is 6.33 Å². The average Bonchev–Trinajstić information content (AvgIpc) is 2.53. The summed E-state index contributed by atoms with van der Waals surface area (Å²) >= 11 is 0. The lowest BCUT2D eigenvalue weighted by atomic mass is 9.83. The fraction of sp³-hybridized carbons (Fsp3) is 0.765. The second kappa shape index (κ2) is 8.20. The van der Waals surface area contributed by atoms with Gasteiger partial charge in [0.25, 0.3) is 0 Å². The highest BCUT2D eigenvalue weighted by atomic mass is 15.1. The standard InChI is InChI=1S/C17H30N4/c1-4-11-18-16-14(6-3)17(20-12-19-16)21-15-10-8-7-9-13(15)5-2/h12-13,15H,4-11H2,1-3H3,(H2,18,19,20,21). The molecule has 2 atom stereocenters. The lowest BCUT2D eigenvalue weighted by molar-refractivity contribution is 0.316. The molecule has 2 N–H and O–H groups in total. The van der Waals surface area contributed by atoms with Gasteiger partial charge in [0.1, 0.15) is 18.0 Å². The Balaban J connectivity index is 2.14. The molecule has 1 fully saturated rings. The summed E-state index contributed by atoms with van der Waals surface area (Å²) in [6.07, 6.45) is 10.3. The molecule has 1 aliphatic carbocycles. The minimum Gasteiger partial charge on any atom is -0.370 e. The maximum atomic E-state index is 4.52. The fourth-order valence-electron chi connectivity index (χ4n) is 3.33. The van der Waals surface area contributed by atoms with Crippen LogP contribution >= 0.6 is 0 Å². The molecular formula is C17H30N4. The summed E-state index contributed by atoms with van der Waals surface area (Å²) in [7, 11) is 0. The first kappa shape index (κ1) is 16.1. The van der Waals surface area contributed by atoms with E-state index in [1.54, 1.807) is 6.33 Å². The largest absolute Gasteiger partial charge is 0.370 e. The minimum atomic E-state index is 0.572. The van der Waals surface area contributed by atoms with E-state index >= 15 is 0 Å². The number of anilines is 2. The Hall–Kier alpha value is -1.32. The highest BCUT2D eigenvalue weighted by Crippen LogP contribution is 2.30. The molecule has 1 aromatic rings. The van der Waals surface area contributed by atoms with Crippen molar-refractivity contribution in [2.75, 3.05) is 17.2 Å². The first-order valence-corrected chi connectivity index (χ1v) is 8.64. The maximum Gasteiger partial charge on any atom is 0.134 e. The van der Waals surface area contributed by atoms with Crippen molar-refractivity contribution in [2.24, 2.45) is 5.92 Å². The van der Waals surface area contributed by atoms with Crippen LogP contribution in [0.25, 0.3) is 0 Å². The van der Waals surface area contributed by atoms with Crippen molar-refractivity contribution in [1.82, 2.24) is 9.97 Å². The molecule has 0 radical (unpaired) electrons. The van der Waals surface area contributed by atoms with Gasteiger partial charge >= 0.3 is 0 Å². The van der Waals surface area contributed by atoms with Crippen LogP contribution in [0.4, 0.5) is 11.6 Å². The number of rotatable bonds is 7. The Kier molecular flexibility index (Phi) is 6.27. The molecule has 1 aliphatic rings. The van der Waals surface area contributed by atoms with Gasteiger partial charge in [0.15, 0.2) is 0 Å². The lowest BCUT2D eigenvalue weighted by Gasteiger charge is -2.32. The third kappa shape index (κ3) is 4.08. The highest BCUT2D eigenvalue weighted by Gasteiger charge is 2.24.